The first kappa shape index (κ1) is 13.0. The molecule has 3 aliphatic carbocycles. The Balaban J connectivity index is 1.82. The number of rotatable bonds is 2. The summed E-state index contributed by atoms with van der Waals surface area (Å²) in [6.45, 7) is 17.2. The van der Waals surface area contributed by atoms with Crippen LogP contribution in [0.25, 0.3) is 0 Å². The highest BCUT2D eigenvalue weighted by atomic mass is 15.1. The number of hydrogen-bond acceptors (Lipinski definition) is 1. The van der Waals surface area contributed by atoms with E-state index in [1.807, 2.05) is 0 Å². The van der Waals surface area contributed by atoms with Crippen LogP contribution in [0.1, 0.15) is 67.7 Å². The molecule has 104 valence electrons. The van der Waals surface area contributed by atoms with Gasteiger partial charge in [-0.1, -0.05) is 48.5 Å². The molecule has 0 aromatic heterocycles. The lowest BCUT2D eigenvalue weighted by atomic mass is 9.68. The predicted octanol–water partition coefficient (Wildman–Crippen LogP) is 4.23. The van der Waals surface area contributed by atoms with Gasteiger partial charge in [-0.3, -0.25) is 0 Å². The van der Waals surface area contributed by atoms with Crippen molar-refractivity contribution in [1.29, 1.82) is 0 Å². The van der Waals surface area contributed by atoms with E-state index in [9.17, 15) is 0 Å². The van der Waals surface area contributed by atoms with Gasteiger partial charge < -0.3 is 5.32 Å². The molecule has 1 heteroatoms. The lowest BCUT2D eigenvalue weighted by Gasteiger charge is -2.44. The van der Waals surface area contributed by atoms with Gasteiger partial charge in [-0.15, -0.1) is 0 Å². The molecule has 3 fully saturated rings. The summed E-state index contributed by atoms with van der Waals surface area (Å²) >= 11 is 0. The summed E-state index contributed by atoms with van der Waals surface area (Å²) in [5.41, 5.74) is 1.97. The molecule has 1 nitrogen and oxygen atoms in total. The van der Waals surface area contributed by atoms with Crippen molar-refractivity contribution in [2.75, 3.05) is 0 Å². The molecular formula is C17H31N. The van der Waals surface area contributed by atoms with E-state index in [0.717, 1.165) is 12.0 Å². The zero-order chi connectivity index (χ0) is 13.6. The minimum atomic E-state index is 0.460. The first-order valence-corrected chi connectivity index (χ1v) is 7.79. The summed E-state index contributed by atoms with van der Waals surface area (Å²) in [5, 5.41) is 4.10. The van der Waals surface area contributed by atoms with E-state index in [1.165, 1.54) is 19.3 Å². The SMILES string of the molecule is CC1(C)C(NC2C(C)(C)C2(C)C)[C@]2(C)CC[C@H]1C2. The van der Waals surface area contributed by atoms with Crippen molar-refractivity contribution in [3.8, 4) is 0 Å². The Morgan fingerprint density at radius 1 is 0.833 bits per heavy atom. The quantitative estimate of drug-likeness (QED) is 0.772. The summed E-state index contributed by atoms with van der Waals surface area (Å²) < 4.78 is 0. The van der Waals surface area contributed by atoms with E-state index < -0.39 is 0 Å². The van der Waals surface area contributed by atoms with Crippen molar-refractivity contribution >= 4 is 0 Å². The maximum absolute atomic E-state index is 4.10. The van der Waals surface area contributed by atoms with E-state index in [-0.39, 0.29) is 0 Å². The summed E-state index contributed by atoms with van der Waals surface area (Å²) in [6.07, 6.45) is 4.34. The molecule has 18 heavy (non-hydrogen) atoms. The second-order valence-electron chi connectivity index (χ2n) is 9.39. The van der Waals surface area contributed by atoms with Gasteiger partial charge in [-0.2, -0.15) is 0 Å². The Morgan fingerprint density at radius 2 is 1.39 bits per heavy atom. The average Bonchev–Trinajstić information content (AvgIpc) is 2.55. The van der Waals surface area contributed by atoms with Gasteiger partial charge in [0.15, 0.2) is 0 Å². The van der Waals surface area contributed by atoms with Crippen LogP contribution in [-0.4, -0.2) is 12.1 Å². The molecule has 0 amide bonds. The Hall–Kier alpha value is -0.0400. The zero-order valence-corrected chi connectivity index (χ0v) is 13.4. The molecule has 3 rings (SSSR count). The summed E-state index contributed by atoms with van der Waals surface area (Å²) in [5.74, 6) is 0.949. The minimum Gasteiger partial charge on any atom is -0.309 e. The fourth-order valence-electron chi connectivity index (χ4n) is 5.50. The van der Waals surface area contributed by atoms with Crippen molar-refractivity contribution in [3.05, 3.63) is 0 Å². The molecule has 0 aromatic carbocycles. The number of hydrogen-bond donors (Lipinski definition) is 1. The summed E-state index contributed by atoms with van der Waals surface area (Å²) in [7, 11) is 0. The van der Waals surface area contributed by atoms with Crippen LogP contribution >= 0.6 is 0 Å². The van der Waals surface area contributed by atoms with Crippen molar-refractivity contribution in [2.24, 2.45) is 27.6 Å². The molecule has 0 aliphatic heterocycles. The molecule has 2 bridgehead atoms. The lowest BCUT2D eigenvalue weighted by molar-refractivity contribution is 0.103. The van der Waals surface area contributed by atoms with Crippen molar-refractivity contribution in [1.82, 2.24) is 5.32 Å². The van der Waals surface area contributed by atoms with Crippen molar-refractivity contribution in [2.45, 2.75) is 79.8 Å². The Morgan fingerprint density at radius 3 is 1.78 bits per heavy atom. The second-order valence-corrected chi connectivity index (χ2v) is 9.39. The number of fused-ring (bicyclic) bond motifs is 2. The Labute approximate surface area is 113 Å². The van der Waals surface area contributed by atoms with E-state index in [4.69, 9.17) is 0 Å². The molecule has 0 radical (unpaired) electrons. The molecule has 0 spiro atoms. The van der Waals surface area contributed by atoms with Crippen molar-refractivity contribution < 1.29 is 0 Å². The van der Waals surface area contributed by atoms with Gasteiger partial charge in [0.1, 0.15) is 0 Å². The third-order valence-corrected chi connectivity index (χ3v) is 7.62. The third kappa shape index (κ3) is 1.32. The molecular weight excluding hydrogens is 218 g/mol. The first-order chi connectivity index (χ1) is 8.03. The maximum atomic E-state index is 4.10. The predicted molar refractivity (Wildman–Crippen MR) is 77.5 cm³/mol. The van der Waals surface area contributed by atoms with E-state index in [1.54, 1.807) is 0 Å². The van der Waals surface area contributed by atoms with Crippen LogP contribution in [0.3, 0.4) is 0 Å². The van der Waals surface area contributed by atoms with Gasteiger partial charge in [0, 0.05) is 12.1 Å². The maximum Gasteiger partial charge on any atom is 0.0184 e. The highest BCUT2D eigenvalue weighted by molar-refractivity contribution is 5.22. The van der Waals surface area contributed by atoms with Crippen LogP contribution < -0.4 is 5.32 Å². The van der Waals surface area contributed by atoms with Gasteiger partial charge >= 0.3 is 0 Å². The largest absolute Gasteiger partial charge is 0.309 e. The van der Waals surface area contributed by atoms with Crippen LogP contribution in [0.15, 0.2) is 0 Å². The van der Waals surface area contributed by atoms with Gasteiger partial charge in [-0.05, 0) is 46.8 Å². The zero-order valence-electron chi connectivity index (χ0n) is 13.4. The molecule has 1 N–H and O–H groups in total. The van der Waals surface area contributed by atoms with Crippen LogP contribution in [0.4, 0.5) is 0 Å². The van der Waals surface area contributed by atoms with Gasteiger partial charge in [0.2, 0.25) is 0 Å². The first-order valence-electron chi connectivity index (χ1n) is 7.79. The van der Waals surface area contributed by atoms with Gasteiger partial charge in [0.05, 0.1) is 0 Å². The van der Waals surface area contributed by atoms with Crippen LogP contribution in [0.5, 0.6) is 0 Å². The highest BCUT2D eigenvalue weighted by Crippen LogP contribution is 2.67. The smallest absolute Gasteiger partial charge is 0.0184 e. The fourth-order valence-corrected chi connectivity index (χ4v) is 5.50. The molecule has 0 heterocycles. The van der Waals surface area contributed by atoms with E-state index in [0.29, 0.717) is 27.7 Å². The van der Waals surface area contributed by atoms with Crippen LogP contribution in [0.2, 0.25) is 0 Å². The topological polar surface area (TPSA) is 12.0 Å². The second kappa shape index (κ2) is 3.16. The van der Waals surface area contributed by atoms with Crippen LogP contribution in [-0.2, 0) is 0 Å². The number of nitrogens with one attached hydrogen (secondary N) is 1. The standard InChI is InChI=1S/C17H31N/c1-14(2)11-8-9-17(7,10-11)12(14)18-13-15(3,4)16(13,5)6/h11-13,18H,8-10H2,1-7H3/t11-,12?,17+/m0/s1. The van der Waals surface area contributed by atoms with E-state index in [2.05, 4.69) is 53.8 Å². The molecule has 0 aromatic rings. The summed E-state index contributed by atoms with van der Waals surface area (Å²) in [4.78, 5) is 0. The lowest BCUT2D eigenvalue weighted by Crippen LogP contribution is -2.52. The molecule has 1 unspecified atom stereocenters. The monoisotopic (exact) mass is 249 g/mol. The summed E-state index contributed by atoms with van der Waals surface area (Å²) in [6, 6.07) is 1.42. The normalized spacial score (nSPS) is 47.5. The molecule has 3 saturated carbocycles. The highest BCUT2D eigenvalue weighted by Gasteiger charge is 2.68. The minimum absolute atomic E-state index is 0.460. The third-order valence-electron chi connectivity index (χ3n) is 7.62. The molecule has 3 atom stereocenters. The van der Waals surface area contributed by atoms with Gasteiger partial charge in [-0.25, -0.2) is 0 Å². The Bertz CT molecular complexity index is 360. The van der Waals surface area contributed by atoms with Crippen LogP contribution in [0, 0.1) is 27.6 Å². The van der Waals surface area contributed by atoms with E-state index >= 15 is 0 Å². The van der Waals surface area contributed by atoms with Crippen molar-refractivity contribution in [3.63, 3.8) is 0 Å². The average molecular weight is 249 g/mol. The molecule has 3 aliphatic rings. The molecule has 0 saturated heterocycles. The fraction of sp³-hybridized carbons (Fsp3) is 1.00. The van der Waals surface area contributed by atoms with Gasteiger partial charge in [0.25, 0.3) is 0 Å². The Kier molecular flexibility index (Phi) is 2.28.